The number of hydrogen-bond acceptors (Lipinski definition) is 7. The fourth-order valence-electron chi connectivity index (χ4n) is 4.23. The van der Waals surface area contributed by atoms with E-state index in [2.05, 4.69) is 32.0 Å². The lowest BCUT2D eigenvalue weighted by molar-refractivity contribution is -0.117. The highest BCUT2D eigenvalue weighted by Crippen LogP contribution is 2.30. The summed E-state index contributed by atoms with van der Waals surface area (Å²) in [5.74, 6) is 1.22. The Balaban J connectivity index is 1.40. The van der Waals surface area contributed by atoms with Gasteiger partial charge in [-0.25, -0.2) is 9.99 Å². The summed E-state index contributed by atoms with van der Waals surface area (Å²) in [6, 6.07) is 13.7. The number of carbonyl (C=O) groups excluding carboxylic acids is 2. The Morgan fingerprint density at radius 1 is 1.20 bits per heavy atom. The lowest BCUT2D eigenvalue weighted by Crippen LogP contribution is -2.44. The van der Waals surface area contributed by atoms with Gasteiger partial charge in [-0.2, -0.15) is 5.26 Å². The molecule has 2 aromatic rings. The Kier molecular flexibility index (Phi) is 7.31. The molecule has 3 heterocycles. The van der Waals surface area contributed by atoms with Crippen LogP contribution in [0.5, 0.6) is 0 Å². The zero-order valence-electron chi connectivity index (χ0n) is 19.9. The second-order valence-corrected chi connectivity index (χ2v) is 8.92. The van der Waals surface area contributed by atoms with Crippen LogP contribution >= 0.6 is 0 Å². The molecule has 0 unspecified atom stereocenters. The van der Waals surface area contributed by atoms with E-state index in [1.54, 1.807) is 18.3 Å². The molecule has 9 heteroatoms. The van der Waals surface area contributed by atoms with Gasteiger partial charge in [-0.3, -0.25) is 15.0 Å². The van der Waals surface area contributed by atoms with Gasteiger partial charge in [0.05, 0.1) is 29.1 Å². The first-order valence-electron chi connectivity index (χ1n) is 11.7. The van der Waals surface area contributed by atoms with Crippen LogP contribution in [0.3, 0.4) is 0 Å². The Morgan fingerprint density at radius 3 is 2.54 bits per heavy atom. The third-order valence-electron chi connectivity index (χ3n) is 6.01. The van der Waals surface area contributed by atoms with Gasteiger partial charge in [0.15, 0.2) is 0 Å². The summed E-state index contributed by atoms with van der Waals surface area (Å²) in [6.45, 7) is 5.66. The van der Waals surface area contributed by atoms with Gasteiger partial charge in [-0.05, 0) is 62.4 Å². The van der Waals surface area contributed by atoms with Crippen molar-refractivity contribution in [3.8, 4) is 6.07 Å². The van der Waals surface area contributed by atoms with Crippen LogP contribution in [-0.4, -0.2) is 46.3 Å². The molecule has 2 aliphatic heterocycles. The fourth-order valence-corrected chi connectivity index (χ4v) is 4.23. The van der Waals surface area contributed by atoms with E-state index in [4.69, 9.17) is 5.26 Å². The third-order valence-corrected chi connectivity index (χ3v) is 6.01. The van der Waals surface area contributed by atoms with Crippen molar-refractivity contribution in [3.63, 3.8) is 0 Å². The van der Waals surface area contributed by atoms with Crippen LogP contribution in [0.2, 0.25) is 0 Å². The number of anilines is 1. The molecule has 0 saturated carbocycles. The molecule has 0 bridgehead atoms. The monoisotopic (exact) mass is 471 g/mol. The standard InChI is InChI=1S/C26H29N7O2/c1-18(2)29-24-8-7-22(15-28-24)26(35)30-25-13-23(16-33(17-34)31-25)32-11-9-21(10-12-32)20-5-3-19(14-27)4-6-20/h3-8,13,15-18,21,31H,9-12H2,1-2H3,(H,28,29)(H,30,35). The van der Waals surface area contributed by atoms with E-state index in [1.807, 2.05) is 44.2 Å². The Labute approximate surface area is 205 Å². The summed E-state index contributed by atoms with van der Waals surface area (Å²) in [4.78, 5) is 30.8. The maximum absolute atomic E-state index is 12.8. The number of piperidine rings is 1. The Hall–Kier alpha value is -4.32. The smallest absolute Gasteiger partial charge is 0.258 e. The number of aromatic nitrogens is 1. The summed E-state index contributed by atoms with van der Waals surface area (Å²) < 4.78 is 0. The molecule has 1 aromatic carbocycles. The number of carbonyl (C=O) groups is 2. The van der Waals surface area contributed by atoms with Gasteiger partial charge in [0, 0.05) is 31.4 Å². The molecule has 1 aromatic heterocycles. The second-order valence-electron chi connectivity index (χ2n) is 8.92. The first-order valence-corrected chi connectivity index (χ1v) is 11.7. The number of benzene rings is 1. The Bertz CT molecular complexity index is 1160. The molecule has 0 radical (unpaired) electrons. The van der Waals surface area contributed by atoms with Crippen molar-refractivity contribution < 1.29 is 9.59 Å². The zero-order valence-corrected chi connectivity index (χ0v) is 19.9. The molecule has 2 aliphatic rings. The first-order chi connectivity index (χ1) is 16.9. The van der Waals surface area contributed by atoms with Crippen LogP contribution in [-0.2, 0) is 4.79 Å². The fraction of sp³-hybridized carbons (Fsp3) is 0.308. The summed E-state index contributed by atoms with van der Waals surface area (Å²) in [7, 11) is 0. The number of hydrogen-bond donors (Lipinski definition) is 3. The van der Waals surface area contributed by atoms with E-state index in [-0.39, 0.29) is 11.9 Å². The zero-order chi connectivity index (χ0) is 24.8. The van der Waals surface area contributed by atoms with Crippen molar-refractivity contribution in [3.05, 3.63) is 83.1 Å². The predicted octanol–water partition coefficient (Wildman–Crippen LogP) is 3.04. The van der Waals surface area contributed by atoms with Crippen molar-refractivity contribution in [2.24, 2.45) is 0 Å². The van der Waals surface area contributed by atoms with E-state index in [1.165, 1.54) is 16.8 Å². The highest BCUT2D eigenvalue weighted by molar-refractivity contribution is 5.95. The average molecular weight is 472 g/mol. The van der Waals surface area contributed by atoms with Crippen LogP contribution in [0.15, 0.2) is 66.4 Å². The van der Waals surface area contributed by atoms with Crippen LogP contribution in [0.25, 0.3) is 0 Å². The normalized spacial score (nSPS) is 16.1. The summed E-state index contributed by atoms with van der Waals surface area (Å²) in [5.41, 5.74) is 6.06. The minimum Gasteiger partial charge on any atom is -0.370 e. The Morgan fingerprint density at radius 2 is 1.94 bits per heavy atom. The highest BCUT2D eigenvalue weighted by atomic mass is 16.2. The van der Waals surface area contributed by atoms with Crippen LogP contribution < -0.4 is 16.1 Å². The van der Waals surface area contributed by atoms with E-state index < -0.39 is 0 Å². The molecular weight excluding hydrogens is 442 g/mol. The van der Waals surface area contributed by atoms with Gasteiger partial charge in [0.25, 0.3) is 5.91 Å². The van der Waals surface area contributed by atoms with Crippen molar-refractivity contribution in [2.45, 2.75) is 38.6 Å². The van der Waals surface area contributed by atoms with Gasteiger partial charge in [-0.1, -0.05) is 12.1 Å². The predicted molar refractivity (Wildman–Crippen MR) is 132 cm³/mol. The number of hydrazine groups is 1. The topological polar surface area (TPSA) is 113 Å². The molecule has 0 spiro atoms. The molecule has 9 nitrogen and oxygen atoms in total. The molecule has 180 valence electrons. The molecular formula is C26H29N7O2. The molecule has 0 atom stereocenters. The van der Waals surface area contributed by atoms with E-state index in [9.17, 15) is 9.59 Å². The van der Waals surface area contributed by atoms with Crippen molar-refractivity contribution in [1.29, 1.82) is 5.26 Å². The van der Waals surface area contributed by atoms with E-state index >= 15 is 0 Å². The minimum absolute atomic E-state index is 0.243. The number of rotatable bonds is 7. The molecule has 4 rings (SSSR count). The number of nitrogens with one attached hydrogen (secondary N) is 3. The first kappa shape index (κ1) is 23.8. The van der Waals surface area contributed by atoms with E-state index in [0.717, 1.165) is 31.6 Å². The number of allylic oxidation sites excluding steroid dienone is 1. The maximum Gasteiger partial charge on any atom is 0.258 e. The van der Waals surface area contributed by atoms with Crippen LogP contribution in [0, 0.1) is 11.3 Å². The number of pyridine rings is 1. The molecule has 35 heavy (non-hydrogen) atoms. The van der Waals surface area contributed by atoms with Crippen LogP contribution in [0.4, 0.5) is 5.82 Å². The molecule has 0 aliphatic carbocycles. The van der Waals surface area contributed by atoms with Crippen molar-refractivity contribution >= 4 is 18.1 Å². The van der Waals surface area contributed by atoms with Crippen LogP contribution in [0.1, 0.15) is 54.1 Å². The van der Waals surface area contributed by atoms with Gasteiger partial charge < -0.3 is 15.5 Å². The number of likely N-dealkylation sites (tertiary alicyclic amines) is 1. The summed E-state index contributed by atoms with van der Waals surface area (Å²) in [5, 5.41) is 16.3. The molecule has 1 saturated heterocycles. The number of amides is 2. The van der Waals surface area contributed by atoms with E-state index in [0.29, 0.717) is 35.1 Å². The van der Waals surface area contributed by atoms with Crippen molar-refractivity contribution in [1.82, 2.24) is 25.6 Å². The second kappa shape index (κ2) is 10.7. The van der Waals surface area contributed by atoms with Gasteiger partial charge in [-0.15, -0.1) is 0 Å². The van der Waals surface area contributed by atoms with Crippen molar-refractivity contribution in [2.75, 3.05) is 18.4 Å². The summed E-state index contributed by atoms with van der Waals surface area (Å²) in [6.07, 6.45) is 7.65. The highest BCUT2D eigenvalue weighted by Gasteiger charge is 2.24. The molecule has 3 N–H and O–H groups in total. The van der Waals surface area contributed by atoms with Gasteiger partial charge in [0.1, 0.15) is 11.6 Å². The molecule has 2 amide bonds. The lowest BCUT2D eigenvalue weighted by atomic mass is 9.89. The number of nitrogens with zero attached hydrogens (tertiary/aromatic N) is 4. The number of nitriles is 1. The minimum atomic E-state index is -0.320. The van der Waals surface area contributed by atoms with Gasteiger partial charge >= 0.3 is 0 Å². The average Bonchev–Trinajstić information content (AvgIpc) is 2.88. The quantitative estimate of drug-likeness (QED) is 0.532. The third kappa shape index (κ3) is 5.98. The maximum atomic E-state index is 12.8. The SMILES string of the molecule is CC(C)Nc1ccc(C(=O)NC2=CC(N3CCC(c4ccc(C#N)cc4)CC3)=CN(C=O)N2)cn1. The van der Waals surface area contributed by atoms with Gasteiger partial charge in [0.2, 0.25) is 6.41 Å². The summed E-state index contributed by atoms with van der Waals surface area (Å²) >= 11 is 0. The lowest BCUT2D eigenvalue weighted by Gasteiger charge is -2.36. The largest absolute Gasteiger partial charge is 0.370 e. The molecule has 1 fully saturated rings.